The van der Waals surface area contributed by atoms with Crippen molar-refractivity contribution in [3.63, 3.8) is 0 Å². The van der Waals surface area contributed by atoms with Crippen molar-refractivity contribution in [2.75, 3.05) is 20.8 Å². The second-order valence-corrected chi connectivity index (χ2v) is 5.30. The molecule has 1 N–H and O–H groups in total. The molecule has 0 saturated heterocycles. The van der Waals surface area contributed by atoms with Gasteiger partial charge in [-0.05, 0) is 48.9 Å². The first-order chi connectivity index (χ1) is 12.1. The standard InChI is InChI=1S/C18H19ClN2O4/c1-4-25-17-15(19)9-12(10-16(17)24-3)11-20-21-18(22)13-5-7-14(23-2)8-6-13/h5-11H,4H2,1-3H3,(H,21,22)/b20-11+. The summed E-state index contributed by atoms with van der Waals surface area (Å²) < 4.78 is 15.8. The van der Waals surface area contributed by atoms with E-state index in [9.17, 15) is 4.79 Å². The summed E-state index contributed by atoms with van der Waals surface area (Å²) >= 11 is 6.19. The van der Waals surface area contributed by atoms with Crippen LogP contribution < -0.4 is 19.6 Å². The number of nitrogens with one attached hydrogen (secondary N) is 1. The average molecular weight is 363 g/mol. The lowest BCUT2D eigenvalue weighted by atomic mass is 10.2. The molecule has 6 nitrogen and oxygen atoms in total. The van der Waals surface area contributed by atoms with Crippen LogP contribution in [0.2, 0.25) is 5.02 Å². The van der Waals surface area contributed by atoms with E-state index in [0.717, 1.165) is 0 Å². The Morgan fingerprint density at radius 3 is 2.52 bits per heavy atom. The van der Waals surface area contributed by atoms with Crippen LogP contribution in [0.25, 0.3) is 0 Å². The molecule has 0 aliphatic rings. The fourth-order valence-corrected chi connectivity index (χ4v) is 2.34. The summed E-state index contributed by atoms with van der Waals surface area (Å²) in [6, 6.07) is 10.1. The zero-order chi connectivity index (χ0) is 18.2. The summed E-state index contributed by atoms with van der Waals surface area (Å²) in [6.45, 7) is 2.33. The van der Waals surface area contributed by atoms with Crippen molar-refractivity contribution in [3.05, 3.63) is 52.5 Å². The van der Waals surface area contributed by atoms with Gasteiger partial charge in [0.25, 0.3) is 5.91 Å². The molecule has 0 spiro atoms. The van der Waals surface area contributed by atoms with E-state index in [0.29, 0.717) is 40.0 Å². The van der Waals surface area contributed by atoms with E-state index in [1.165, 1.54) is 13.3 Å². The first-order valence-electron chi connectivity index (χ1n) is 7.56. The van der Waals surface area contributed by atoms with Crippen LogP contribution >= 0.6 is 11.6 Å². The molecule has 0 fully saturated rings. The Bertz CT molecular complexity index is 760. The quantitative estimate of drug-likeness (QED) is 0.604. The van der Waals surface area contributed by atoms with Crippen LogP contribution in [-0.4, -0.2) is 32.9 Å². The molecule has 7 heteroatoms. The zero-order valence-corrected chi connectivity index (χ0v) is 15.0. The second kappa shape index (κ2) is 8.94. The van der Waals surface area contributed by atoms with E-state index in [1.54, 1.807) is 43.5 Å². The third kappa shape index (κ3) is 4.87. The van der Waals surface area contributed by atoms with Gasteiger partial charge < -0.3 is 14.2 Å². The van der Waals surface area contributed by atoms with Gasteiger partial charge in [0.05, 0.1) is 32.1 Å². The van der Waals surface area contributed by atoms with Crippen LogP contribution in [0.15, 0.2) is 41.5 Å². The van der Waals surface area contributed by atoms with Crippen LogP contribution in [0.3, 0.4) is 0 Å². The van der Waals surface area contributed by atoms with Crippen molar-refractivity contribution >= 4 is 23.7 Å². The third-order valence-corrected chi connectivity index (χ3v) is 3.55. The molecule has 0 heterocycles. The molecule has 0 atom stereocenters. The van der Waals surface area contributed by atoms with Gasteiger partial charge in [-0.15, -0.1) is 0 Å². The third-order valence-electron chi connectivity index (χ3n) is 3.27. The van der Waals surface area contributed by atoms with Crippen molar-refractivity contribution in [2.45, 2.75) is 6.92 Å². The van der Waals surface area contributed by atoms with Gasteiger partial charge >= 0.3 is 0 Å². The molecule has 132 valence electrons. The fourth-order valence-electron chi connectivity index (χ4n) is 2.07. The molecule has 25 heavy (non-hydrogen) atoms. The molecule has 0 unspecified atom stereocenters. The smallest absolute Gasteiger partial charge is 0.271 e. The van der Waals surface area contributed by atoms with E-state index in [-0.39, 0.29) is 5.91 Å². The maximum absolute atomic E-state index is 12.0. The van der Waals surface area contributed by atoms with Gasteiger partial charge in [-0.25, -0.2) is 5.43 Å². The first kappa shape index (κ1) is 18.6. The predicted molar refractivity (Wildman–Crippen MR) is 97.2 cm³/mol. The SMILES string of the molecule is CCOc1c(Cl)cc(/C=N/NC(=O)c2ccc(OC)cc2)cc1OC. The number of benzene rings is 2. The normalized spacial score (nSPS) is 10.6. The first-order valence-corrected chi connectivity index (χ1v) is 7.94. The summed E-state index contributed by atoms with van der Waals surface area (Å²) in [5, 5.41) is 4.35. The molecule has 0 radical (unpaired) electrons. The highest BCUT2D eigenvalue weighted by Gasteiger charge is 2.11. The summed E-state index contributed by atoms with van der Waals surface area (Å²) in [4.78, 5) is 12.0. The van der Waals surface area contributed by atoms with Crippen LogP contribution in [-0.2, 0) is 0 Å². The lowest BCUT2D eigenvalue weighted by molar-refractivity contribution is 0.0955. The molecule has 0 bridgehead atoms. The van der Waals surface area contributed by atoms with E-state index in [2.05, 4.69) is 10.5 Å². The summed E-state index contributed by atoms with van der Waals surface area (Å²) in [5.74, 6) is 1.32. The minimum absolute atomic E-state index is 0.331. The molecule has 0 aliphatic heterocycles. The number of rotatable bonds is 7. The van der Waals surface area contributed by atoms with Crippen LogP contribution in [0.4, 0.5) is 0 Å². The van der Waals surface area contributed by atoms with E-state index >= 15 is 0 Å². The molecule has 2 aromatic carbocycles. The van der Waals surface area contributed by atoms with E-state index in [4.69, 9.17) is 25.8 Å². The Labute approximate surface area is 151 Å². The Morgan fingerprint density at radius 1 is 1.20 bits per heavy atom. The van der Waals surface area contributed by atoms with Gasteiger partial charge in [-0.3, -0.25) is 4.79 Å². The molecule has 0 aliphatic carbocycles. The number of carbonyl (C=O) groups excluding carboxylic acids is 1. The molecular formula is C18H19ClN2O4. The molecule has 2 aromatic rings. The van der Waals surface area contributed by atoms with Crippen molar-refractivity contribution < 1.29 is 19.0 Å². The van der Waals surface area contributed by atoms with Gasteiger partial charge in [-0.2, -0.15) is 5.10 Å². The van der Waals surface area contributed by atoms with Gasteiger partial charge in [0, 0.05) is 5.56 Å². The van der Waals surface area contributed by atoms with Crippen LogP contribution in [0.5, 0.6) is 17.2 Å². The highest BCUT2D eigenvalue weighted by molar-refractivity contribution is 6.32. The number of hydrogen-bond donors (Lipinski definition) is 1. The van der Waals surface area contributed by atoms with E-state index in [1.807, 2.05) is 6.92 Å². The van der Waals surface area contributed by atoms with Crippen molar-refractivity contribution in [3.8, 4) is 17.2 Å². The van der Waals surface area contributed by atoms with Gasteiger partial charge in [0.15, 0.2) is 11.5 Å². The van der Waals surface area contributed by atoms with Crippen LogP contribution in [0, 0.1) is 0 Å². The van der Waals surface area contributed by atoms with Crippen molar-refractivity contribution in [1.82, 2.24) is 5.43 Å². The summed E-state index contributed by atoms with van der Waals surface area (Å²) in [7, 11) is 3.09. The molecule has 1 amide bonds. The topological polar surface area (TPSA) is 69.2 Å². The monoisotopic (exact) mass is 362 g/mol. The highest BCUT2D eigenvalue weighted by Crippen LogP contribution is 2.35. The number of amides is 1. The number of nitrogens with zero attached hydrogens (tertiary/aromatic N) is 1. The maximum atomic E-state index is 12.0. The lowest BCUT2D eigenvalue weighted by Crippen LogP contribution is -2.17. The van der Waals surface area contributed by atoms with Gasteiger partial charge in [0.2, 0.25) is 0 Å². The number of hydrogen-bond acceptors (Lipinski definition) is 5. The van der Waals surface area contributed by atoms with Gasteiger partial charge in [0.1, 0.15) is 5.75 Å². The minimum Gasteiger partial charge on any atom is -0.497 e. The maximum Gasteiger partial charge on any atom is 0.271 e. The Kier molecular flexibility index (Phi) is 6.65. The number of methoxy groups -OCH3 is 2. The Balaban J connectivity index is 2.08. The summed E-state index contributed by atoms with van der Waals surface area (Å²) in [5.41, 5.74) is 3.60. The Morgan fingerprint density at radius 2 is 1.92 bits per heavy atom. The lowest BCUT2D eigenvalue weighted by Gasteiger charge is -2.11. The van der Waals surface area contributed by atoms with Gasteiger partial charge in [-0.1, -0.05) is 11.6 Å². The van der Waals surface area contributed by atoms with E-state index < -0.39 is 0 Å². The minimum atomic E-state index is -0.331. The fraction of sp³-hybridized carbons (Fsp3) is 0.222. The number of hydrazone groups is 1. The Hall–Kier alpha value is -2.73. The number of ether oxygens (including phenoxy) is 3. The largest absolute Gasteiger partial charge is 0.497 e. The molecular weight excluding hydrogens is 344 g/mol. The van der Waals surface area contributed by atoms with Crippen molar-refractivity contribution in [1.29, 1.82) is 0 Å². The number of halogens is 1. The second-order valence-electron chi connectivity index (χ2n) is 4.89. The highest BCUT2D eigenvalue weighted by atomic mass is 35.5. The molecule has 0 saturated carbocycles. The van der Waals surface area contributed by atoms with Crippen molar-refractivity contribution in [2.24, 2.45) is 5.10 Å². The predicted octanol–water partition coefficient (Wildman–Crippen LogP) is 3.52. The molecule has 2 rings (SSSR count). The molecule has 0 aromatic heterocycles. The average Bonchev–Trinajstić information content (AvgIpc) is 2.63. The zero-order valence-electron chi connectivity index (χ0n) is 14.2. The van der Waals surface area contributed by atoms with Crippen LogP contribution in [0.1, 0.15) is 22.8 Å². The summed E-state index contributed by atoms with van der Waals surface area (Å²) in [6.07, 6.45) is 1.48. The number of carbonyl (C=O) groups is 1.